The zero-order chi connectivity index (χ0) is 12.8. The highest BCUT2D eigenvalue weighted by Crippen LogP contribution is 2.10. The molecule has 0 spiro atoms. The molecule has 0 saturated carbocycles. The Morgan fingerprint density at radius 1 is 1.24 bits per heavy atom. The molecule has 0 aromatic carbocycles. The number of nitriles is 1. The molecule has 5 nitrogen and oxygen atoms in total. The van der Waals surface area contributed by atoms with E-state index in [1.807, 2.05) is 13.8 Å². The fourth-order valence-corrected chi connectivity index (χ4v) is 1.90. The minimum Gasteiger partial charge on any atom is -0.333 e. The lowest BCUT2D eigenvalue weighted by atomic mass is 10.2. The first-order valence-electron chi connectivity index (χ1n) is 6.04. The average molecular weight is 237 g/mol. The summed E-state index contributed by atoms with van der Waals surface area (Å²) >= 11 is 0. The highest BCUT2D eigenvalue weighted by atomic mass is 16.2. The van der Waals surface area contributed by atoms with Crippen LogP contribution in [0.4, 0.5) is 0 Å². The largest absolute Gasteiger partial charge is 0.333 e. The summed E-state index contributed by atoms with van der Waals surface area (Å²) < 4.78 is 0. The first kappa shape index (κ1) is 13.5. The Labute approximate surface area is 102 Å². The molecule has 0 unspecified atom stereocenters. The van der Waals surface area contributed by atoms with Gasteiger partial charge in [-0.25, -0.2) is 0 Å². The van der Waals surface area contributed by atoms with E-state index >= 15 is 0 Å². The summed E-state index contributed by atoms with van der Waals surface area (Å²) in [6.45, 7) is 5.62. The van der Waals surface area contributed by atoms with Gasteiger partial charge in [-0.1, -0.05) is 0 Å². The molecule has 0 aliphatic carbocycles. The van der Waals surface area contributed by atoms with Crippen LogP contribution in [0.1, 0.15) is 33.1 Å². The van der Waals surface area contributed by atoms with E-state index in [0.29, 0.717) is 26.1 Å². The van der Waals surface area contributed by atoms with Gasteiger partial charge in [0.1, 0.15) is 0 Å². The summed E-state index contributed by atoms with van der Waals surface area (Å²) in [5.41, 5.74) is 0. The summed E-state index contributed by atoms with van der Waals surface area (Å²) in [4.78, 5) is 26.7. The number of carbonyl (C=O) groups excluding carboxylic acids is 2. The van der Waals surface area contributed by atoms with Crippen LogP contribution in [-0.4, -0.2) is 47.3 Å². The van der Waals surface area contributed by atoms with Crippen LogP contribution >= 0.6 is 0 Å². The van der Waals surface area contributed by atoms with Gasteiger partial charge in [-0.2, -0.15) is 5.26 Å². The number of hydrogen-bond acceptors (Lipinski definition) is 3. The van der Waals surface area contributed by atoms with Gasteiger partial charge in [0.15, 0.2) is 0 Å². The van der Waals surface area contributed by atoms with Crippen molar-refractivity contribution in [2.75, 3.05) is 19.6 Å². The smallest absolute Gasteiger partial charge is 0.312 e. The number of rotatable bonds is 5. The van der Waals surface area contributed by atoms with Crippen LogP contribution in [0.3, 0.4) is 0 Å². The lowest BCUT2D eigenvalue weighted by molar-refractivity contribution is -0.157. The summed E-state index contributed by atoms with van der Waals surface area (Å²) in [6.07, 6.45) is 2.07. The molecular formula is C12H19N3O2. The van der Waals surface area contributed by atoms with Gasteiger partial charge in [-0.05, 0) is 26.7 Å². The van der Waals surface area contributed by atoms with E-state index in [1.54, 1.807) is 9.80 Å². The van der Waals surface area contributed by atoms with Crippen molar-refractivity contribution in [3.8, 4) is 6.07 Å². The molecule has 0 bridgehead atoms. The highest BCUT2D eigenvalue weighted by Gasteiger charge is 2.33. The van der Waals surface area contributed by atoms with E-state index < -0.39 is 11.8 Å². The van der Waals surface area contributed by atoms with Gasteiger partial charge in [0.2, 0.25) is 0 Å². The predicted octanol–water partition coefficient (Wildman–Crippen LogP) is 0.759. The molecule has 1 aliphatic heterocycles. The van der Waals surface area contributed by atoms with Crippen molar-refractivity contribution >= 4 is 11.8 Å². The molecule has 0 aromatic rings. The molecule has 5 heteroatoms. The fourth-order valence-electron chi connectivity index (χ4n) is 1.90. The van der Waals surface area contributed by atoms with Crippen LogP contribution in [0, 0.1) is 11.3 Å². The maximum atomic E-state index is 11.8. The Morgan fingerprint density at radius 3 is 2.53 bits per heavy atom. The minimum atomic E-state index is -0.401. The lowest BCUT2D eigenvalue weighted by Gasteiger charge is -2.36. The summed E-state index contributed by atoms with van der Waals surface area (Å²) in [5, 5.41) is 8.40. The normalized spacial score (nSPS) is 16.6. The number of hydrogen-bond donors (Lipinski definition) is 0. The third-order valence-corrected chi connectivity index (χ3v) is 2.93. The molecule has 1 rings (SSSR count). The Morgan fingerprint density at radius 2 is 1.94 bits per heavy atom. The van der Waals surface area contributed by atoms with Crippen molar-refractivity contribution in [1.29, 1.82) is 5.26 Å². The van der Waals surface area contributed by atoms with Gasteiger partial charge in [0, 0.05) is 32.1 Å². The molecule has 0 atom stereocenters. The van der Waals surface area contributed by atoms with E-state index in [9.17, 15) is 9.59 Å². The molecular weight excluding hydrogens is 218 g/mol. The molecule has 1 saturated heterocycles. The van der Waals surface area contributed by atoms with E-state index in [2.05, 4.69) is 6.07 Å². The van der Waals surface area contributed by atoms with Crippen molar-refractivity contribution in [3.05, 3.63) is 0 Å². The Balaban J connectivity index is 2.43. The highest BCUT2D eigenvalue weighted by molar-refractivity contribution is 6.35. The second-order valence-electron chi connectivity index (χ2n) is 4.50. The minimum absolute atomic E-state index is 0.0761. The van der Waals surface area contributed by atoms with Crippen LogP contribution in [-0.2, 0) is 9.59 Å². The molecule has 2 amide bonds. The van der Waals surface area contributed by atoms with Crippen molar-refractivity contribution in [3.63, 3.8) is 0 Å². The second-order valence-corrected chi connectivity index (χ2v) is 4.50. The maximum absolute atomic E-state index is 11.8. The van der Waals surface area contributed by atoms with E-state index in [4.69, 9.17) is 5.26 Å². The van der Waals surface area contributed by atoms with Crippen LogP contribution in [0.2, 0.25) is 0 Å². The monoisotopic (exact) mass is 237 g/mol. The summed E-state index contributed by atoms with van der Waals surface area (Å²) in [6, 6.07) is 2.14. The van der Waals surface area contributed by atoms with E-state index in [0.717, 1.165) is 12.8 Å². The van der Waals surface area contributed by atoms with Gasteiger partial charge >= 0.3 is 11.8 Å². The molecule has 0 radical (unpaired) electrons. The third kappa shape index (κ3) is 3.45. The van der Waals surface area contributed by atoms with Gasteiger partial charge in [-0.3, -0.25) is 9.59 Å². The predicted molar refractivity (Wildman–Crippen MR) is 62.9 cm³/mol. The first-order valence-corrected chi connectivity index (χ1v) is 6.04. The van der Waals surface area contributed by atoms with Gasteiger partial charge in [0.25, 0.3) is 0 Å². The SMILES string of the molecule is CC(C)N1CCN(CCCCC#N)C(=O)C1=O. The quantitative estimate of drug-likeness (QED) is 0.524. The van der Waals surface area contributed by atoms with Gasteiger partial charge in [-0.15, -0.1) is 0 Å². The zero-order valence-corrected chi connectivity index (χ0v) is 10.5. The molecule has 1 aliphatic rings. The number of nitrogens with zero attached hydrogens (tertiary/aromatic N) is 3. The molecule has 1 fully saturated rings. The van der Waals surface area contributed by atoms with E-state index in [-0.39, 0.29) is 6.04 Å². The first-order chi connectivity index (χ1) is 8.07. The van der Waals surface area contributed by atoms with Crippen molar-refractivity contribution in [2.45, 2.75) is 39.2 Å². The molecule has 1 heterocycles. The van der Waals surface area contributed by atoms with Crippen molar-refractivity contribution in [1.82, 2.24) is 9.80 Å². The number of carbonyl (C=O) groups is 2. The standard InChI is InChI=1S/C12H19N3O2/c1-10(2)15-9-8-14(11(16)12(15)17)7-5-3-4-6-13/h10H,3-5,7-9H2,1-2H3. The number of piperazine rings is 1. The summed E-state index contributed by atoms with van der Waals surface area (Å²) in [7, 11) is 0. The number of amides is 2. The topological polar surface area (TPSA) is 64.4 Å². The zero-order valence-electron chi connectivity index (χ0n) is 10.5. The van der Waals surface area contributed by atoms with Crippen LogP contribution in [0.25, 0.3) is 0 Å². The number of unbranched alkanes of at least 4 members (excludes halogenated alkanes) is 2. The van der Waals surface area contributed by atoms with E-state index in [1.165, 1.54) is 0 Å². The summed E-state index contributed by atoms with van der Waals surface area (Å²) in [5.74, 6) is -0.798. The molecule has 17 heavy (non-hydrogen) atoms. The van der Waals surface area contributed by atoms with Crippen LogP contribution < -0.4 is 0 Å². The Bertz CT molecular complexity index is 333. The Kier molecular flexibility index (Phi) is 4.95. The van der Waals surface area contributed by atoms with Gasteiger partial charge in [0.05, 0.1) is 6.07 Å². The molecule has 0 aromatic heterocycles. The Hall–Kier alpha value is -1.57. The van der Waals surface area contributed by atoms with Gasteiger partial charge < -0.3 is 9.80 Å². The lowest BCUT2D eigenvalue weighted by Crippen LogP contribution is -2.56. The third-order valence-electron chi connectivity index (χ3n) is 2.93. The van der Waals surface area contributed by atoms with Crippen LogP contribution in [0.5, 0.6) is 0 Å². The maximum Gasteiger partial charge on any atom is 0.312 e. The van der Waals surface area contributed by atoms with Crippen molar-refractivity contribution in [2.24, 2.45) is 0 Å². The molecule has 0 N–H and O–H groups in total. The van der Waals surface area contributed by atoms with Crippen molar-refractivity contribution < 1.29 is 9.59 Å². The van der Waals surface area contributed by atoms with Crippen LogP contribution in [0.15, 0.2) is 0 Å². The fraction of sp³-hybridized carbons (Fsp3) is 0.750. The average Bonchev–Trinajstić information content (AvgIpc) is 2.29. The molecule has 94 valence electrons. The second kappa shape index (κ2) is 6.24.